The van der Waals surface area contributed by atoms with Crippen LogP contribution < -0.4 is 5.73 Å². The Kier molecular flexibility index (Phi) is 6.06. The van der Waals surface area contributed by atoms with E-state index < -0.39 is 0 Å². The van der Waals surface area contributed by atoms with Crippen molar-refractivity contribution in [2.24, 2.45) is 11.7 Å². The molecule has 20 heavy (non-hydrogen) atoms. The van der Waals surface area contributed by atoms with Gasteiger partial charge in [-0.1, -0.05) is 49.6 Å². The molecule has 1 aromatic carbocycles. The lowest BCUT2D eigenvalue weighted by Gasteiger charge is -2.27. The second kappa shape index (κ2) is 8.05. The third-order valence-electron chi connectivity index (χ3n) is 4.26. The van der Waals surface area contributed by atoms with Gasteiger partial charge in [-0.3, -0.25) is 4.79 Å². The Labute approximate surface area is 122 Å². The smallest absolute Gasteiger partial charge is 0.222 e. The normalized spacial score (nSPS) is 14.8. The Hall–Kier alpha value is -1.35. The molecule has 3 heteroatoms. The number of nitrogens with two attached hydrogens (primary N) is 1. The first-order valence-electron chi connectivity index (χ1n) is 7.81. The van der Waals surface area contributed by atoms with Gasteiger partial charge >= 0.3 is 0 Å². The van der Waals surface area contributed by atoms with E-state index in [2.05, 4.69) is 12.1 Å². The average molecular weight is 274 g/mol. The SMILES string of the molecule is NCCN(CCc1ccccc1)C(=O)CCC1CCC1. The molecule has 2 N–H and O–H groups in total. The first-order valence-corrected chi connectivity index (χ1v) is 7.81. The minimum Gasteiger partial charge on any atom is -0.341 e. The summed E-state index contributed by atoms with van der Waals surface area (Å²) in [4.78, 5) is 14.2. The second-order valence-electron chi connectivity index (χ2n) is 5.74. The van der Waals surface area contributed by atoms with Crippen LogP contribution in [0.5, 0.6) is 0 Å². The molecule has 1 aliphatic rings. The number of amides is 1. The topological polar surface area (TPSA) is 46.3 Å². The molecule has 1 aromatic rings. The predicted molar refractivity (Wildman–Crippen MR) is 82.4 cm³/mol. The lowest BCUT2D eigenvalue weighted by atomic mass is 9.82. The number of carbonyl (C=O) groups is 1. The molecule has 0 saturated heterocycles. The van der Waals surface area contributed by atoms with Crippen LogP contribution in [0.25, 0.3) is 0 Å². The number of rotatable bonds is 8. The van der Waals surface area contributed by atoms with E-state index in [-0.39, 0.29) is 5.91 Å². The summed E-state index contributed by atoms with van der Waals surface area (Å²) < 4.78 is 0. The summed E-state index contributed by atoms with van der Waals surface area (Å²) >= 11 is 0. The fourth-order valence-corrected chi connectivity index (χ4v) is 2.69. The van der Waals surface area contributed by atoms with Crippen molar-refractivity contribution in [1.29, 1.82) is 0 Å². The van der Waals surface area contributed by atoms with Gasteiger partial charge in [0.2, 0.25) is 5.91 Å². The van der Waals surface area contributed by atoms with Gasteiger partial charge in [-0.2, -0.15) is 0 Å². The maximum Gasteiger partial charge on any atom is 0.222 e. The third kappa shape index (κ3) is 4.64. The summed E-state index contributed by atoms with van der Waals surface area (Å²) in [6.07, 6.45) is 6.64. The Bertz CT molecular complexity index is 401. The highest BCUT2D eigenvalue weighted by atomic mass is 16.2. The molecule has 0 aromatic heterocycles. The fourth-order valence-electron chi connectivity index (χ4n) is 2.69. The minimum absolute atomic E-state index is 0.276. The van der Waals surface area contributed by atoms with Crippen LogP contribution in [0.4, 0.5) is 0 Å². The molecule has 0 bridgehead atoms. The summed E-state index contributed by atoms with van der Waals surface area (Å²) in [5.74, 6) is 1.08. The quantitative estimate of drug-likeness (QED) is 0.792. The van der Waals surface area contributed by atoms with Crippen molar-refractivity contribution >= 4 is 5.91 Å². The molecule has 2 rings (SSSR count). The molecule has 0 unspecified atom stereocenters. The standard InChI is InChI=1S/C17H26N2O/c18-12-14-19(13-11-16-5-2-1-3-6-16)17(20)10-9-15-7-4-8-15/h1-3,5-6,15H,4,7-14,18H2. The van der Waals surface area contributed by atoms with Crippen molar-refractivity contribution in [3.63, 3.8) is 0 Å². The summed E-state index contributed by atoms with van der Waals surface area (Å²) in [7, 11) is 0. The molecule has 1 aliphatic carbocycles. The van der Waals surface area contributed by atoms with E-state index in [1.165, 1.54) is 24.8 Å². The largest absolute Gasteiger partial charge is 0.341 e. The van der Waals surface area contributed by atoms with Crippen molar-refractivity contribution in [3.8, 4) is 0 Å². The summed E-state index contributed by atoms with van der Waals surface area (Å²) in [6.45, 7) is 2.00. The van der Waals surface area contributed by atoms with Crippen molar-refractivity contribution in [3.05, 3.63) is 35.9 Å². The molecule has 0 aliphatic heterocycles. The monoisotopic (exact) mass is 274 g/mol. The molecule has 3 nitrogen and oxygen atoms in total. The van der Waals surface area contributed by atoms with Crippen molar-refractivity contribution in [2.45, 2.75) is 38.5 Å². The maximum absolute atomic E-state index is 12.3. The van der Waals surface area contributed by atoms with Crippen LogP contribution >= 0.6 is 0 Å². The summed E-state index contributed by atoms with van der Waals surface area (Å²) in [6, 6.07) is 10.3. The Morgan fingerprint density at radius 1 is 1.20 bits per heavy atom. The molecular weight excluding hydrogens is 248 g/mol. The van der Waals surface area contributed by atoms with Crippen LogP contribution in [0.15, 0.2) is 30.3 Å². The van der Waals surface area contributed by atoms with E-state index in [0.717, 1.165) is 25.3 Å². The van der Waals surface area contributed by atoms with E-state index >= 15 is 0 Å². The number of benzene rings is 1. The van der Waals surface area contributed by atoms with Gasteiger partial charge in [-0.15, -0.1) is 0 Å². The van der Waals surface area contributed by atoms with Crippen LogP contribution in [0.3, 0.4) is 0 Å². The highest BCUT2D eigenvalue weighted by molar-refractivity contribution is 5.76. The highest BCUT2D eigenvalue weighted by Gasteiger charge is 2.20. The number of hydrogen-bond acceptors (Lipinski definition) is 2. The molecule has 1 saturated carbocycles. The minimum atomic E-state index is 0.276. The van der Waals surface area contributed by atoms with E-state index in [4.69, 9.17) is 5.73 Å². The molecular formula is C17H26N2O. The van der Waals surface area contributed by atoms with Gasteiger partial charge in [0.05, 0.1) is 0 Å². The van der Waals surface area contributed by atoms with Gasteiger partial charge < -0.3 is 10.6 Å². The zero-order valence-electron chi connectivity index (χ0n) is 12.3. The van der Waals surface area contributed by atoms with Gasteiger partial charge in [0, 0.05) is 26.1 Å². The van der Waals surface area contributed by atoms with Gasteiger partial charge in [0.15, 0.2) is 0 Å². The Balaban J connectivity index is 1.77. The maximum atomic E-state index is 12.3. The molecule has 110 valence electrons. The first kappa shape index (κ1) is 15.0. The van der Waals surface area contributed by atoms with Crippen LogP contribution in [0.1, 0.15) is 37.7 Å². The molecule has 0 atom stereocenters. The van der Waals surface area contributed by atoms with E-state index in [1.54, 1.807) is 0 Å². The number of nitrogens with zero attached hydrogens (tertiary/aromatic N) is 1. The number of hydrogen-bond donors (Lipinski definition) is 1. The Morgan fingerprint density at radius 2 is 1.95 bits per heavy atom. The van der Waals surface area contributed by atoms with E-state index in [0.29, 0.717) is 19.5 Å². The van der Waals surface area contributed by atoms with Crippen molar-refractivity contribution in [2.75, 3.05) is 19.6 Å². The fraction of sp³-hybridized carbons (Fsp3) is 0.588. The zero-order chi connectivity index (χ0) is 14.2. The van der Waals surface area contributed by atoms with Gasteiger partial charge in [0.1, 0.15) is 0 Å². The van der Waals surface area contributed by atoms with Crippen LogP contribution in [0, 0.1) is 5.92 Å². The van der Waals surface area contributed by atoms with Crippen LogP contribution in [-0.4, -0.2) is 30.4 Å². The van der Waals surface area contributed by atoms with Gasteiger partial charge in [-0.05, 0) is 24.3 Å². The zero-order valence-corrected chi connectivity index (χ0v) is 12.3. The molecule has 0 radical (unpaired) electrons. The van der Waals surface area contributed by atoms with Crippen molar-refractivity contribution < 1.29 is 4.79 Å². The molecule has 0 heterocycles. The average Bonchev–Trinajstić information content (AvgIpc) is 2.42. The molecule has 0 spiro atoms. The van der Waals surface area contributed by atoms with Gasteiger partial charge in [0.25, 0.3) is 0 Å². The predicted octanol–water partition coefficient (Wildman–Crippen LogP) is 2.60. The first-order chi connectivity index (χ1) is 9.79. The lowest BCUT2D eigenvalue weighted by Crippen LogP contribution is -2.37. The lowest BCUT2D eigenvalue weighted by molar-refractivity contribution is -0.131. The second-order valence-corrected chi connectivity index (χ2v) is 5.74. The Morgan fingerprint density at radius 3 is 2.55 bits per heavy atom. The van der Waals surface area contributed by atoms with E-state index in [1.807, 2.05) is 23.1 Å². The summed E-state index contributed by atoms with van der Waals surface area (Å²) in [5.41, 5.74) is 6.91. The van der Waals surface area contributed by atoms with Crippen LogP contribution in [0.2, 0.25) is 0 Å². The number of carbonyl (C=O) groups excluding carboxylic acids is 1. The van der Waals surface area contributed by atoms with Crippen molar-refractivity contribution in [1.82, 2.24) is 4.90 Å². The van der Waals surface area contributed by atoms with E-state index in [9.17, 15) is 4.79 Å². The third-order valence-corrected chi connectivity index (χ3v) is 4.26. The molecule has 1 amide bonds. The summed E-state index contributed by atoms with van der Waals surface area (Å²) in [5, 5.41) is 0. The highest BCUT2D eigenvalue weighted by Crippen LogP contribution is 2.30. The van der Waals surface area contributed by atoms with Gasteiger partial charge in [-0.25, -0.2) is 0 Å². The van der Waals surface area contributed by atoms with Crippen LogP contribution in [-0.2, 0) is 11.2 Å². The molecule has 1 fully saturated rings.